The molecule has 2 N–H and O–H groups in total. The van der Waals surface area contributed by atoms with Crippen molar-refractivity contribution in [3.05, 3.63) is 29.6 Å². The standard InChI is InChI=1S/C16H23FN2O/c1-16(2)8-6-12(7-9-16)19(3)15(20)13-10-11(18)4-5-14(13)17/h4-5,10,12H,6-9,18H2,1-3H3. The molecule has 0 atom stereocenters. The predicted molar refractivity (Wildman–Crippen MR) is 78.9 cm³/mol. The third kappa shape index (κ3) is 3.11. The second-order valence-electron chi connectivity index (χ2n) is 6.55. The number of nitrogen functional groups attached to an aromatic ring is 1. The van der Waals surface area contributed by atoms with Gasteiger partial charge in [0.25, 0.3) is 5.91 Å². The van der Waals surface area contributed by atoms with Crippen molar-refractivity contribution in [2.75, 3.05) is 12.8 Å². The Balaban J connectivity index is 2.11. The molecular weight excluding hydrogens is 255 g/mol. The summed E-state index contributed by atoms with van der Waals surface area (Å²) in [5.74, 6) is -0.785. The fourth-order valence-electron chi connectivity index (χ4n) is 2.83. The lowest BCUT2D eigenvalue weighted by Crippen LogP contribution is -2.41. The van der Waals surface area contributed by atoms with E-state index in [1.165, 1.54) is 18.2 Å². The second kappa shape index (κ2) is 5.43. The number of benzene rings is 1. The Morgan fingerprint density at radius 3 is 2.55 bits per heavy atom. The summed E-state index contributed by atoms with van der Waals surface area (Å²) in [7, 11) is 1.76. The number of rotatable bonds is 2. The number of carbonyl (C=O) groups excluding carboxylic acids is 1. The summed E-state index contributed by atoms with van der Waals surface area (Å²) in [6, 6.07) is 4.33. The zero-order valence-electron chi connectivity index (χ0n) is 12.4. The van der Waals surface area contributed by atoms with E-state index in [1.54, 1.807) is 11.9 Å². The molecule has 1 aliphatic rings. The number of carbonyl (C=O) groups is 1. The van der Waals surface area contributed by atoms with Crippen LogP contribution in [-0.2, 0) is 0 Å². The molecule has 0 bridgehead atoms. The first-order valence-corrected chi connectivity index (χ1v) is 7.12. The fourth-order valence-corrected chi connectivity index (χ4v) is 2.83. The first-order valence-electron chi connectivity index (χ1n) is 7.12. The van der Waals surface area contributed by atoms with Gasteiger partial charge in [-0.25, -0.2) is 4.39 Å². The largest absolute Gasteiger partial charge is 0.399 e. The molecule has 0 radical (unpaired) electrons. The Bertz CT molecular complexity index is 503. The highest BCUT2D eigenvalue weighted by molar-refractivity contribution is 5.95. The molecule has 1 aromatic carbocycles. The first kappa shape index (κ1) is 14.8. The van der Waals surface area contributed by atoms with Gasteiger partial charge in [0.05, 0.1) is 5.56 Å². The molecular formula is C16H23FN2O. The summed E-state index contributed by atoms with van der Waals surface area (Å²) in [6.07, 6.45) is 4.13. The maximum absolute atomic E-state index is 13.8. The van der Waals surface area contributed by atoms with Crippen molar-refractivity contribution < 1.29 is 9.18 Å². The van der Waals surface area contributed by atoms with E-state index in [9.17, 15) is 9.18 Å². The van der Waals surface area contributed by atoms with Gasteiger partial charge in [0.1, 0.15) is 5.82 Å². The summed E-state index contributed by atoms with van der Waals surface area (Å²) in [5, 5.41) is 0. The number of nitrogens with two attached hydrogens (primary N) is 1. The van der Waals surface area contributed by atoms with Crippen LogP contribution in [0.15, 0.2) is 18.2 Å². The van der Waals surface area contributed by atoms with Gasteiger partial charge in [0.15, 0.2) is 0 Å². The number of halogens is 1. The highest BCUT2D eigenvalue weighted by Gasteiger charge is 2.31. The average molecular weight is 278 g/mol. The molecule has 1 aliphatic carbocycles. The lowest BCUT2D eigenvalue weighted by Gasteiger charge is -2.38. The van der Waals surface area contributed by atoms with Crippen LogP contribution in [0, 0.1) is 11.2 Å². The molecule has 20 heavy (non-hydrogen) atoms. The summed E-state index contributed by atoms with van der Waals surface area (Å²) < 4.78 is 13.8. The van der Waals surface area contributed by atoms with Crippen molar-refractivity contribution in [3.8, 4) is 0 Å². The summed E-state index contributed by atoms with van der Waals surface area (Å²) in [6.45, 7) is 4.51. The van der Waals surface area contributed by atoms with Gasteiger partial charge in [-0.15, -0.1) is 0 Å². The zero-order chi connectivity index (χ0) is 14.9. The molecule has 0 aromatic heterocycles. The average Bonchev–Trinajstić information content (AvgIpc) is 2.40. The predicted octanol–water partition coefficient (Wildman–Crippen LogP) is 3.45. The Morgan fingerprint density at radius 1 is 1.35 bits per heavy atom. The number of hydrogen-bond acceptors (Lipinski definition) is 2. The highest BCUT2D eigenvalue weighted by atomic mass is 19.1. The normalized spacial score (nSPS) is 18.8. The van der Waals surface area contributed by atoms with Gasteiger partial charge in [0, 0.05) is 18.8 Å². The summed E-state index contributed by atoms with van der Waals surface area (Å²) in [5.41, 5.74) is 6.47. The Hall–Kier alpha value is -1.58. The van der Waals surface area contributed by atoms with Gasteiger partial charge in [0.2, 0.25) is 0 Å². The minimum Gasteiger partial charge on any atom is -0.399 e. The van der Waals surface area contributed by atoms with Gasteiger partial charge >= 0.3 is 0 Å². The van der Waals surface area contributed by atoms with Crippen molar-refractivity contribution in [1.29, 1.82) is 0 Å². The van der Waals surface area contributed by atoms with Crippen LogP contribution in [0.4, 0.5) is 10.1 Å². The third-order valence-corrected chi connectivity index (χ3v) is 4.40. The lowest BCUT2D eigenvalue weighted by atomic mass is 9.75. The van der Waals surface area contributed by atoms with Crippen LogP contribution in [0.3, 0.4) is 0 Å². The van der Waals surface area contributed by atoms with Crippen LogP contribution in [0.25, 0.3) is 0 Å². The molecule has 1 amide bonds. The SMILES string of the molecule is CN(C(=O)c1cc(N)ccc1F)C1CCC(C)(C)CC1. The molecule has 3 nitrogen and oxygen atoms in total. The molecule has 1 fully saturated rings. The summed E-state index contributed by atoms with van der Waals surface area (Å²) >= 11 is 0. The van der Waals surface area contributed by atoms with E-state index < -0.39 is 5.82 Å². The van der Waals surface area contributed by atoms with E-state index in [4.69, 9.17) is 5.73 Å². The van der Waals surface area contributed by atoms with E-state index >= 15 is 0 Å². The molecule has 4 heteroatoms. The van der Waals surface area contributed by atoms with Gasteiger partial charge in [-0.3, -0.25) is 4.79 Å². The molecule has 0 saturated heterocycles. The molecule has 1 aromatic rings. The van der Waals surface area contributed by atoms with Crippen molar-refractivity contribution in [2.24, 2.45) is 5.41 Å². The smallest absolute Gasteiger partial charge is 0.256 e. The third-order valence-electron chi connectivity index (χ3n) is 4.40. The van der Waals surface area contributed by atoms with Crippen LogP contribution in [0.5, 0.6) is 0 Å². The highest BCUT2D eigenvalue weighted by Crippen LogP contribution is 2.37. The molecule has 0 aliphatic heterocycles. The van der Waals surface area contributed by atoms with Crippen molar-refractivity contribution in [3.63, 3.8) is 0 Å². The molecule has 0 unspecified atom stereocenters. The van der Waals surface area contributed by atoms with E-state index in [-0.39, 0.29) is 17.5 Å². The number of nitrogens with zero attached hydrogens (tertiary/aromatic N) is 1. The number of hydrogen-bond donors (Lipinski definition) is 1. The monoisotopic (exact) mass is 278 g/mol. The van der Waals surface area contributed by atoms with Crippen molar-refractivity contribution in [1.82, 2.24) is 4.90 Å². The zero-order valence-corrected chi connectivity index (χ0v) is 12.4. The minimum atomic E-state index is -0.507. The van der Waals surface area contributed by atoms with E-state index in [0.717, 1.165) is 25.7 Å². The number of anilines is 1. The van der Waals surface area contributed by atoms with E-state index in [2.05, 4.69) is 13.8 Å². The Kier molecular flexibility index (Phi) is 4.02. The quantitative estimate of drug-likeness (QED) is 0.842. The van der Waals surface area contributed by atoms with Gasteiger partial charge in [-0.05, 0) is 49.3 Å². The molecule has 110 valence electrons. The molecule has 0 spiro atoms. The Labute approximate surface area is 120 Å². The molecule has 1 saturated carbocycles. The van der Waals surface area contributed by atoms with Crippen molar-refractivity contribution >= 4 is 11.6 Å². The summed E-state index contributed by atoms with van der Waals surface area (Å²) in [4.78, 5) is 14.1. The van der Waals surface area contributed by atoms with E-state index in [1.807, 2.05) is 0 Å². The minimum absolute atomic E-state index is 0.0670. The first-order chi connectivity index (χ1) is 9.30. The van der Waals surface area contributed by atoms with E-state index in [0.29, 0.717) is 11.1 Å². The van der Waals surface area contributed by atoms with Crippen LogP contribution in [0.2, 0.25) is 0 Å². The maximum Gasteiger partial charge on any atom is 0.256 e. The van der Waals surface area contributed by atoms with Crippen LogP contribution in [-0.4, -0.2) is 23.9 Å². The number of amides is 1. The van der Waals surface area contributed by atoms with Gasteiger partial charge in [-0.1, -0.05) is 13.8 Å². The van der Waals surface area contributed by atoms with Crippen LogP contribution >= 0.6 is 0 Å². The molecule has 2 rings (SSSR count). The topological polar surface area (TPSA) is 46.3 Å². The molecule has 0 heterocycles. The van der Waals surface area contributed by atoms with Crippen LogP contribution in [0.1, 0.15) is 49.9 Å². The Morgan fingerprint density at radius 2 is 1.95 bits per heavy atom. The fraction of sp³-hybridized carbons (Fsp3) is 0.562. The van der Waals surface area contributed by atoms with Crippen LogP contribution < -0.4 is 5.73 Å². The van der Waals surface area contributed by atoms with Gasteiger partial charge < -0.3 is 10.6 Å². The second-order valence-corrected chi connectivity index (χ2v) is 6.55. The van der Waals surface area contributed by atoms with Crippen molar-refractivity contribution in [2.45, 2.75) is 45.6 Å². The maximum atomic E-state index is 13.8. The lowest BCUT2D eigenvalue weighted by molar-refractivity contribution is 0.0631. The van der Waals surface area contributed by atoms with Gasteiger partial charge in [-0.2, -0.15) is 0 Å².